The number of aromatic nitrogens is 2. The van der Waals surface area contributed by atoms with Crippen LogP contribution in [0.4, 0.5) is 0 Å². The van der Waals surface area contributed by atoms with Crippen molar-refractivity contribution in [3.63, 3.8) is 0 Å². The van der Waals surface area contributed by atoms with Gasteiger partial charge in [-0.1, -0.05) is 6.92 Å². The molecule has 0 aliphatic heterocycles. The Bertz CT molecular complexity index is 585. The number of thiazole rings is 2. The lowest BCUT2D eigenvalue weighted by Gasteiger charge is -1.86. The zero-order valence-corrected chi connectivity index (χ0v) is 10.2. The first-order chi connectivity index (χ1) is 7.26. The maximum atomic E-state index is 4.59. The van der Waals surface area contributed by atoms with Crippen LogP contribution in [0.3, 0.4) is 0 Å². The molecule has 0 aliphatic rings. The van der Waals surface area contributed by atoms with Crippen LogP contribution in [-0.4, -0.2) is 9.97 Å². The summed E-state index contributed by atoms with van der Waals surface area (Å²) in [5, 5.41) is 2.33. The summed E-state index contributed by atoms with van der Waals surface area (Å²) >= 11 is 3.51. The smallest absolute Gasteiger partial charge is 0.0935 e. The number of nitrogens with zero attached hydrogens (tertiary/aromatic N) is 2. The molecule has 2 nitrogen and oxygen atoms in total. The molecular formula is C11H10N2S2. The normalized spacial score (nSPS) is 11.6. The molecule has 0 fully saturated rings. The van der Waals surface area contributed by atoms with Gasteiger partial charge in [-0.2, -0.15) is 0 Å². The van der Waals surface area contributed by atoms with E-state index in [9.17, 15) is 0 Å². The van der Waals surface area contributed by atoms with Crippen molar-refractivity contribution in [1.29, 1.82) is 0 Å². The summed E-state index contributed by atoms with van der Waals surface area (Å²) in [5.41, 5.74) is 2.23. The fraction of sp³-hybridized carbons (Fsp3) is 0.273. The molecule has 15 heavy (non-hydrogen) atoms. The lowest BCUT2D eigenvalue weighted by Crippen LogP contribution is -1.74. The van der Waals surface area contributed by atoms with Crippen molar-refractivity contribution in [2.75, 3.05) is 0 Å². The highest BCUT2D eigenvalue weighted by molar-refractivity contribution is 7.20. The molecule has 2 aromatic heterocycles. The van der Waals surface area contributed by atoms with E-state index < -0.39 is 0 Å². The van der Waals surface area contributed by atoms with Gasteiger partial charge in [0.05, 0.1) is 30.4 Å². The van der Waals surface area contributed by atoms with Crippen LogP contribution >= 0.6 is 22.7 Å². The van der Waals surface area contributed by atoms with Crippen LogP contribution < -0.4 is 0 Å². The third-order valence-electron chi connectivity index (χ3n) is 2.35. The van der Waals surface area contributed by atoms with Crippen molar-refractivity contribution >= 4 is 43.1 Å². The van der Waals surface area contributed by atoms with Gasteiger partial charge in [-0.05, 0) is 25.5 Å². The van der Waals surface area contributed by atoms with E-state index >= 15 is 0 Å². The Balaban J connectivity index is 2.37. The molecule has 0 saturated heterocycles. The second-order valence-electron chi connectivity index (χ2n) is 3.48. The molecule has 0 atom stereocenters. The van der Waals surface area contributed by atoms with Crippen LogP contribution in [0.25, 0.3) is 20.4 Å². The molecule has 0 N–H and O–H groups in total. The second-order valence-corrected chi connectivity index (χ2v) is 5.83. The highest BCUT2D eigenvalue weighted by Crippen LogP contribution is 2.30. The van der Waals surface area contributed by atoms with Crippen LogP contribution in [0, 0.1) is 6.92 Å². The van der Waals surface area contributed by atoms with E-state index in [-0.39, 0.29) is 0 Å². The van der Waals surface area contributed by atoms with Gasteiger partial charge in [0.15, 0.2) is 0 Å². The summed E-state index contributed by atoms with van der Waals surface area (Å²) in [5.74, 6) is 0. The van der Waals surface area contributed by atoms with Gasteiger partial charge in [-0.3, -0.25) is 0 Å². The largest absolute Gasteiger partial charge is 0.241 e. The van der Waals surface area contributed by atoms with Gasteiger partial charge in [0, 0.05) is 0 Å². The fourth-order valence-electron chi connectivity index (χ4n) is 1.66. The van der Waals surface area contributed by atoms with E-state index in [4.69, 9.17) is 0 Å². The first kappa shape index (κ1) is 9.24. The molecule has 4 heteroatoms. The van der Waals surface area contributed by atoms with Crippen molar-refractivity contribution in [3.05, 3.63) is 22.1 Å². The summed E-state index contributed by atoms with van der Waals surface area (Å²) in [4.78, 5) is 9.08. The molecule has 0 radical (unpaired) electrons. The summed E-state index contributed by atoms with van der Waals surface area (Å²) in [6.45, 7) is 4.19. The van der Waals surface area contributed by atoms with E-state index in [2.05, 4.69) is 29.0 Å². The van der Waals surface area contributed by atoms with Crippen molar-refractivity contribution in [3.8, 4) is 0 Å². The Morgan fingerprint density at radius 2 is 1.73 bits per heavy atom. The zero-order chi connectivity index (χ0) is 10.4. The number of hydrogen-bond acceptors (Lipinski definition) is 4. The van der Waals surface area contributed by atoms with Gasteiger partial charge >= 0.3 is 0 Å². The topological polar surface area (TPSA) is 25.8 Å². The van der Waals surface area contributed by atoms with Crippen LogP contribution in [0.5, 0.6) is 0 Å². The van der Waals surface area contributed by atoms with Crippen molar-refractivity contribution in [2.24, 2.45) is 0 Å². The van der Waals surface area contributed by atoms with Crippen LogP contribution in [0.2, 0.25) is 0 Å². The average molecular weight is 234 g/mol. The third kappa shape index (κ3) is 1.44. The number of aryl methyl sites for hydroxylation is 2. The SMILES string of the molecule is CCc1nc2cc3sc(C)nc3cc2s1. The molecule has 0 spiro atoms. The van der Waals surface area contributed by atoms with Crippen LogP contribution in [0.15, 0.2) is 12.1 Å². The minimum Gasteiger partial charge on any atom is -0.241 e. The predicted octanol–water partition coefficient (Wildman–Crippen LogP) is 3.78. The standard InChI is InChI=1S/C11H10N2S2/c1-3-11-13-8-5-9-7(4-10(8)15-11)12-6(2)14-9/h4-5H,3H2,1-2H3. The van der Waals surface area contributed by atoms with E-state index in [1.54, 1.807) is 22.7 Å². The number of benzene rings is 1. The van der Waals surface area contributed by atoms with Gasteiger partial charge in [-0.25, -0.2) is 9.97 Å². The quantitative estimate of drug-likeness (QED) is 0.640. The van der Waals surface area contributed by atoms with Crippen molar-refractivity contribution < 1.29 is 0 Å². The zero-order valence-electron chi connectivity index (χ0n) is 8.57. The van der Waals surface area contributed by atoms with Crippen LogP contribution in [-0.2, 0) is 6.42 Å². The molecular weight excluding hydrogens is 224 g/mol. The third-order valence-corrected chi connectivity index (χ3v) is 4.45. The average Bonchev–Trinajstić information content (AvgIpc) is 2.74. The van der Waals surface area contributed by atoms with Crippen molar-refractivity contribution in [1.82, 2.24) is 9.97 Å². The Kier molecular flexibility index (Phi) is 2.00. The molecule has 76 valence electrons. The molecule has 0 bridgehead atoms. The van der Waals surface area contributed by atoms with Crippen LogP contribution in [0.1, 0.15) is 16.9 Å². The predicted molar refractivity (Wildman–Crippen MR) is 66.9 cm³/mol. The lowest BCUT2D eigenvalue weighted by atomic mass is 10.3. The summed E-state index contributed by atoms with van der Waals surface area (Å²) in [6.07, 6.45) is 1.01. The molecule has 3 rings (SSSR count). The first-order valence-corrected chi connectivity index (χ1v) is 6.56. The Hall–Kier alpha value is -1.00. The molecule has 0 saturated carbocycles. The highest BCUT2D eigenvalue weighted by atomic mass is 32.1. The van der Waals surface area contributed by atoms with Gasteiger partial charge < -0.3 is 0 Å². The van der Waals surface area contributed by atoms with E-state index in [1.807, 2.05) is 6.92 Å². The van der Waals surface area contributed by atoms with Gasteiger partial charge in [0.2, 0.25) is 0 Å². The van der Waals surface area contributed by atoms with E-state index in [0.29, 0.717) is 0 Å². The van der Waals surface area contributed by atoms with E-state index in [1.165, 1.54) is 14.4 Å². The number of rotatable bonds is 1. The Morgan fingerprint density at radius 1 is 1.07 bits per heavy atom. The van der Waals surface area contributed by atoms with Gasteiger partial charge in [0.1, 0.15) is 0 Å². The maximum Gasteiger partial charge on any atom is 0.0935 e. The first-order valence-electron chi connectivity index (χ1n) is 4.93. The summed E-state index contributed by atoms with van der Waals surface area (Å²) in [6, 6.07) is 4.32. The molecule has 0 unspecified atom stereocenters. The van der Waals surface area contributed by atoms with Gasteiger partial charge in [-0.15, -0.1) is 22.7 Å². The fourth-order valence-corrected chi connectivity index (χ4v) is 3.43. The van der Waals surface area contributed by atoms with E-state index in [0.717, 1.165) is 22.5 Å². The van der Waals surface area contributed by atoms with Gasteiger partial charge in [0.25, 0.3) is 0 Å². The minimum absolute atomic E-state index is 1.01. The molecule has 1 aromatic carbocycles. The van der Waals surface area contributed by atoms with Crippen molar-refractivity contribution in [2.45, 2.75) is 20.3 Å². The summed E-state index contributed by atoms with van der Waals surface area (Å²) in [7, 11) is 0. The minimum atomic E-state index is 1.01. The summed E-state index contributed by atoms with van der Waals surface area (Å²) < 4.78 is 2.50. The molecule has 0 amide bonds. The monoisotopic (exact) mass is 234 g/mol. The molecule has 0 aliphatic carbocycles. The Labute approximate surface area is 95.6 Å². The maximum absolute atomic E-state index is 4.59. The lowest BCUT2D eigenvalue weighted by molar-refractivity contribution is 1.11. The number of fused-ring (bicyclic) bond motifs is 2. The Morgan fingerprint density at radius 3 is 2.47 bits per heavy atom. The highest BCUT2D eigenvalue weighted by Gasteiger charge is 2.06. The second kappa shape index (κ2) is 3.25. The molecule has 2 heterocycles. The molecule has 3 aromatic rings. The number of hydrogen-bond donors (Lipinski definition) is 0.